The molecule has 0 aliphatic rings. The third-order valence-electron chi connectivity index (χ3n) is 2.29. The molecule has 78 valence electrons. The SMILES string of the molecule is C=C(CC)CC(NN)c1scnc1C. The third kappa shape index (κ3) is 2.64. The topological polar surface area (TPSA) is 50.9 Å². The summed E-state index contributed by atoms with van der Waals surface area (Å²) >= 11 is 1.64. The minimum absolute atomic E-state index is 0.162. The summed E-state index contributed by atoms with van der Waals surface area (Å²) in [6.45, 7) is 8.10. The fourth-order valence-electron chi connectivity index (χ4n) is 1.31. The molecule has 4 heteroatoms. The Bertz CT molecular complexity index is 306. The van der Waals surface area contributed by atoms with Gasteiger partial charge < -0.3 is 0 Å². The van der Waals surface area contributed by atoms with Crippen molar-refractivity contribution in [2.75, 3.05) is 0 Å². The monoisotopic (exact) mass is 211 g/mol. The zero-order chi connectivity index (χ0) is 10.6. The Morgan fingerprint density at radius 3 is 2.93 bits per heavy atom. The maximum atomic E-state index is 5.52. The van der Waals surface area contributed by atoms with E-state index in [1.807, 2.05) is 12.4 Å². The molecular weight excluding hydrogens is 194 g/mol. The predicted molar refractivity (Wildman–Crippen MR) is 61.0 cm³/mol. The molecule has 0 bridgehead atoms. The second-order valence-electron chi connectivity index (χ2n) is 3.33. The van der Waals surface area contributed by atoms with E-state index in [1.165, 1.54) is 10.5 Å². The number of hydrogen-bond acceptors (Lipinski definition) is 4. The molecule has 0 amide bonds. The van der Waals surface area contributed by atoms with Gasteiger partial charge in [0.15, 0.2) is 0 Å². The molecule has 1 rings (SSSR count). The molecule has 3 N–H and O–H groups in total. The molecule has 0 aliphatic heterocycles. The normalized spacial score (nSPS) is 12.8. The summed E-state index contributed by atoms with van der Waals surface area (Å²) in [6, 6.07) is 0.162. The Labute approximate surface area is 89.0 Å². The van der Waals surface area contributed by atoms with E-state index in [0.29, 0.717) is 0 Å². The van der Waals surface area contributed by atoms with Crippen molar-refractivity contribution in [3.8, 4) is 0 Å². The molecule has 0 radical (unpaired) electrons. The summed E-state index contributed by atoms with van der Waals surface area (Å²) in [5.74, 6) is 5.52. The molecule has 0 saturated carbocycles. The van der Waals surface area contributed by atoms with Crippen molar-refractivity contribution in [1.29, 1.82) is 0 Å². The van der Waals surface area contributed by atoms with E-state index in [4.69, 9.17) is 5.84 Å². The van der Waals surface area contributed by atoms with Crippen LogP contribution in [-0.4, -0.2) is 4.98 Å². The number of thiazole rings is 1. The van der Waals surface area contributed by atoms with E-state index in [-0.39, 0.29) is 6.04 Å². The predicted octanol–water partition coefficient (Wildman–Crippen LogP) is 2.31. The molecule has 0 spiro atoms. The van der Waals surface area contributed by atoms with Gasteiger partial charge in [0, 0.05) is 4.88 Å². The number of nitrogens with one attached hydrogen (secondary N) is 1. The van der Waals surface area contributed by atoms with Crippen LogP contribution in [0.2, 0.25) is 0 Å². The number of aromatic nitrogens is 1. The molecule has 0 saturated heterocycles. The van der Waals surface area contributed by atoms with E-state index < -0.39 is 0 Å². The van der Waals surface area contributed by atoms with E-state index in [1.54, 1.807) is 11.3 Å². The van der Waals surface area contributed by atoms with Crippen LogP contribution in [0.25, 0.3) is 0 Å². The Kier molecular flexibility index (Phi) is 4.25. The maximum Gasteiger partial charge on any atom is 0.0798 e. The molecule has 0 aliphatic carbocycles. The summed E-state index contributed by atoms with van der Waals surface area (Å²) < 4.78 is 0. The summed E-state index contributed by atoms with van der Waals surface area (Å²) in [6.07, 6.45) is 1.88. The van der Waals surface area contributed by atoms with Gasteiger partial charge in [0.25, 0.3) is 0 Å². The van der Waals surface area contributed by atoms with Crippen molar-refractivity contribution >= 4 is 11.3 Å². The largest absolute Gasteiger partial charge is 0.271 e. The lowest BCUT2D eigenvalue weighted by Gasteiger charge is -2.15. The highest BCUT2D eigenvalue weighted by Crippen LogP contribution is 2.26. The first-order valence-corrected chi connectivity index (χ1v) is 5.59. The Morgan fingerprint density at radius 1 is 1.79 bits per heavy atom. The third-order valence-corrected chi connectivity index (χ3v) is 3.34. The molecule has 1 aromatic heterocycles. The lowest BCUT2D eigenvalue weighted by atomic mass is 10.0. The van der Waals surface area contributed by atoms with Gasteiger partial charge in [0.05, 0.1) is 17.2 Å². The number of nitrogens with zero attached hydrogens (tertiary/aromatic N) is 1. The van der Waals surface area contributed by atoms with E-state index >= 15 is 0 Å². The van der Waals surface area contributed by atoms with Gasteiger partial charge in [-0.1, -0.05) is 19.1 Å². The minimum Gasteiger partial charge on any atom is -0.271 e. The lowest BCUT2D eigenvalue weighted by Crippen LogP contribution is -2.28. The van der Waals surface area contributed by atoms with Crippen molar-refractivity contribution in [2.24, 2.45) is 5.84 Å². The molecule has 3 nitrogen and oxygen atoms in total. The zero-order valence-corrected chi connectivity index (χ0v) is 9.53. The average Bonchev–Trinajstić information content (AvgIpc) is 2.60. The van der Waals surface area contributed by atoms with Gasteiger partial charge in [-0.25, -0.2) is 4.98 Å². The van der Waals surface area contributed by atoms with Gasteiger partial charge in [-0.2, -0.15) is 0 Å². The molecular formula is C10H17N3S. The van der Waals surface area contributed by atoms with Crippen molar-refractivity contribution < 1.29 is 0 Å². The van der Waals surface area contributed by atoms with Gasteiger partial charge >= 0.3 is 0 Å². The van der Waals surface area contributed by atoms with Crippen LogP contribution in [0.4, 0.5) is 0 Å². The van der Waals surface area contributed by atoms with Crippen LogP contribution in [0.1, 0.15) is 36.4 Å². The fraction of sp³-hybridized carbons (Fsp3) is 0.500. The second kappa shape index (κ2) is 5.24. The van der Waals surface area contributed by atoms with E-state index in [9.17, 15) is 0 Å². The summed E-state index contributed by atoms with van der Waals surface area (Å²) in [7, 11) is 0. The number of hydrazine groups is 1. The highest BCUT2D eigenvalue weighted by atomic mass is 32.1. The first-order valence-electron chi connectivity index (χ1n) is 4.71. The van der Waals surface area contributed by atoms with Gasteiger partial charge in [-0.3, -0.25) is 11.3 Å². The van der Waals surface area contributed by atoms with Gasteiger partial charge in [0.1, 0.15) is 0 Å². The highest BCUT2D eigenvalue weighted by molar-refractivity contribution is 7.09. The molecule has 0 aromatic carbocycles. The van der Waals surface area contributed by atoms with Crippen LogP contribution in [0.15, 0.2) is 17.7 Å². The first kappa shape index (κ1) is 11.4. The molecule has 1 heterocycles. The van der Waals surface area contributed by atoms with Gasteiger partial charge in [-0.15, -0.1) is 11.3 Å². The fourth-order valence-corrected chi connectivity index (χ4v) is 2.17. The lowest BCUT2D eigenvalue weighted by molar-refractivity contribution is 0.550. The van der Waals surface area contributed by atoms with Crippen molar-refractivity contribution in [3.05, 3.63) is 28.2 Å². The van der Waals surface area contributed by atoms with Crippen molar-refractivity contribution in [2.45, 2.75) is 32.7 Å². The average molecular weight is 211 g/mol. The van der Waals surface area contributed by atoms with E-state index in [0.717, 1.165) is 18.5 Å². The van der Waals surface area contributed by atoms with Gasteiger partial charge in [-0.05, 0) is 19.8 Å². The van der Waals surface area contributed by atoms with E-state index in [2.05, 4.69) is 23.9 Å². The summed E-state index contributed by atoms with van der Waals surface area (Å²) in [5.41, 5.74) is 6.94. The Morgan fingerprint density at radius 2 is 2.50 bits per heavy atom. The first-order chi connectivity index (χ1) is 6.69. The number of nitrogens with two attached hydrogens (primary N) is 1. The van der Waals surface area contributed by atoms with Crippen LogP contribution in [0, 0.1) is 6.92 Å². The van der Waals surface area contributed by atoms with Crippen molar-refractivity contribution in [3.63, 3.8) is 0 Å². The standard InChI is InChI=1S/C10H17N3S/c1-4-7(2)5-9(13-11)10-8(3)12-6-14-10/h6,9,13H,2,4-5,11H2,1,3H3. The summed E-state index contributed by atoms with van der Waals surface area (Å²) in [5, 5.41) is 0. The van der Waals surface area contributed by atoms with Crippen LogP contribution in [-0.2, 0) is 0 Å². The van der Waals surface area contributed by atoms with Crippen LogP contribution in [0.3, 0.4) is 0 Å². The Hall–Kier alpha value is -0.710. The molecule has 1 atom stereocenters. The maximum absolute atomic E-state index is 5.52. The number of aryl methyl sites for hydroxylation is 1. The molecule has 1 aromatic rings. The van der Waals surface area contributed by atoms with Gasteiger partial charge in [0.2, 0.25) is 0 Å². The Balaban J connectivity index is 2.72. The highest BCUT2D eigenvalue weighted by Gasteiger charge is 2.14. The molecule has 14 heavy (non-hydrogen) atoms. The quantitative estimate of drug-likeness (QED) is 0.446. The van der Waals surface area contributed by atoms with Crippen LogP contribution in [0.5, 0.6) is 0 Å². The minimum atomic E-state index is 0.162. The smallest absolute Gasteiger partial charge is 0.0798 e. The molecule has 0 fully saturated rings. The van der Waals surface area contributed by atoms with Crippen molar-refractivity contribution in [1.82, 2.24) is 10.4 Å². The summed E-state index contributed by atoms with van der Waals surface area (Å²) in [4.78, 5) is 5.42. The zero-order valence-electron chi connectivity index (χ0n) is 8.71. The second-order valence-corrected chi connectivity index (χ2v) is 4.22. The number of hydrogen-bond donors (Lipinski definition) is 2. The molecule has 1 unspecified atom stereocenters. The van der Waals surface area contributed by atoms with Crippen LogP contribution >= 0.6 is 11.3 Å². The number of rotatable bonds is 5. The van der Waals surface area contributed by atoms with Crippen LogP contribution < -0.4 is 11.3 Å².